The molecule has 1 aromatic heterocycles. The van der Waals surface area contributed by atoms with Crippen LogP contribution >= 0.6 is 0 Å². The summed E-state index contributed by atoms with van der Waals surface area (Å²) in [7, 11) is 0. The number of aromatic nitrogens is 1. The van der Waals surface area contributed by atoms with Crippen LogP contribution in [0.25, 0.3) is 0 Å². The number of likely N-dealkylation sites (tertiary alicyclic amines) is 1. The number of pyridine rings is 1. The van der Waals surface area contributed by atoms with E-state index >= 15 is 0 Å². The van der Waals surface area contributed by atoms with Crippen molar-refractivity contribution in [1.82, 2.24) is 15.2 Å². The molecule has 0 radical (unpaired) electrons. The number of piperidine rings is 1. The van der Waals surface area contributed by atoms with Gasteiger partial charge in [0.05, 0.1) is 11.8 Å². The Kier molecular flexibility index (Phi) is 6.35. The number of nitrogens with one attached hydrogen (secondary N) is 1. The van der Waals surface area contributed by atoms with Gasteiger partial charge in [-0.25, -0.2) is 0 Å². The Balaban J connectivity index is 1.35. The van der Waals surface area contributed by atoms with E-state index in [9.17, 15) is 5.11 Å². The Bertz CT molecular complexity index is 582. The molecule has 0 saturated carbocycles. The Morgan fingerprint density at radius 2 is 1.83 bits per heavy atom. The van der Waals surface area contributed by atoms with Gasteiger partial charge < -0.3 is 15.3 Å². The first kappa shape index (κ1) is 17.1. The highest BCUT2D eigenvalue weighted by Gasteiger charge is 2.21. The van der Waals surface area contributed by atoms with Gasteiger partial charge in [0.25, 0.3) is 0 Å². The van der Waals surface area contributed by atoms with E-state index in [1.165, 1.54) is 12.8 Å². The van der Waals surface area contributed by atoms with E-state index in [1.54, 1.807) is 0 Å². The van der Waals surface area contributed by atoms with Crippen LogP contribution in [0.2, 0.25) is 0 Å². The number of aliphatic hydroxyl groups is 1. The molecule has 0 spiro atoms. The summed E-state index contributed by atoms with van der Waals surface area (Å²) in [6.45, 7) is 4.76. The summed E-state index contributed by atoms with van der Waals surface area (Å²) < 4.78 is 0. The number of rotatable bonds is 7. The smallest absolute Gasteiger partial charge is 0.0916 e. The van der Waals surface area contributed by atoms with E-state index in [-0.39, 0.29) is 6.10 Å². The summed E-state index contributed by atoms with van der Waals surface area (Å²) in [5, 5.41) is 13.9. The molecule has 3 rings (SSSR count). The first-order valence-electron chi connectivity index (χ1n) is 8.87. The van der Waals surface area contributed by atoms with Crippen molar-refractivity contribution < 1.29 is 5.11 Å². The lowest BCUT2D eigenvalue weighted by Gasteiger charge is -2.33. The van der Waals surface area contributed by atoms with Crippen molar-refractivity contribution in [3.05, 3.63) is 66.0 Å². The van der Waals surface area contributed by atoms with Crippen LogP contribution in [0.3, 0.4) is 0 Å². The number of benzene rings is 1. The molecule has 0 bridgehead atoms. The molecule has 1 atom stereocenters. The monoisotopic (exact) mass is 325 g/mol. The van der Waals surface area contributed by atoms with Crippen molar-refractivity contribution in [3.8, 4) is 0 Å². The average Bonchev–Trinajstić information content (AvgIpc) is 2.65. The number of nitrogens with zero attached hydrogens (tertiary/aromatic N) is 2. The molecule has 2 N–H and O–H groups in total. The fourth-order valence-corrected chi connectivity index (χ4v) is 3.31. The van der Waals surface area contributed by atoms with Crippen LogP contribution < -0.4 is 5.32 Å². The van der Waals surface area contributed by atoms with Gasteiger partial charge in [-0.05, 0) is 56.1 Å². The van der Waals surface area contributed by atoms with Crippen LogP contribution in [0.5, 0.6) is 0 Å². The summed E-state index contributed by atoms with van der Waals surface area (Å²) in [4.78, 5) is 6.72. The Hall–Kier alpha value is -1.75. The fourth-order valence-electron chi connectivity index (χ4n) is 3.31. The van der Waals surface area contributed by atoms with Gasteiger partial charge in [-0.3, -0.25) is 4.98 Å². The van der Waals surface area contributed by atoms with E-state index in [1.807, 2.05) is 48.7 Å². The normalized spacial score (nSPS) is 17.7. The third kappa shape index (κ3) is 5.13. The van der Waals surface area contributed by atoms with E-state index in [4.69, 9.17) is 0 Å². The predicted octanol–water partition coefficient (Wildman–Crippen LogP) is 2.62. The summed E-state index contributed by atoms with van der Waals surface area (Å²) in [5.41, 5.74) is 2.11. The number of hydrogen-bond donors (Lipinski definition) is 2. The molecular formula is C20H27N3O. The van der Waals surface area contributed by atoms with E-state index in [0.29, 0.717) is 0 Å². The maximum atomic E-state index is 10.3. The second-order valence-electron chi connectivity index (χ2n) is 6.62. The van der Waals surface area contributed by atoms with Crippen molar-refractivity contribution in [2.45, 2.75) is 25.5 Å². The summed E-state index contributed by atoms with van der Waals surface area (Å²) in [5.74, 6) is 0.721. The van der Waals surface area contributed by atoms with Crippen molar-refractivity contribution >= 4 is 0 Å². The minimum absolute atomic E-state index is 0.384. The highest BCUT2D eigenvalue weighted by Crippen LogP contribution is 2.20. The first-order chi connectivity index (χ1) is 11.8. The molecule has 0 aliphatic carbocycles. The summed E-state index contributed by atoms with van der Waals surface area (Å²) in [6.07, 6.45) is 3.84. The molecule has 0 amide bonds. The van der Waals surface area contributed by atoms with Crippen molar-refractivity contribution in [3.63, 3.8) is 0 Å². The van der Waals surface area contributed by atoms with Gasteiger partial charge in [0.2, 0.25) is 0 Å². The molecule has 2 heterocycles. The molecule has 24 heavy (non-hydrogen) atoms. The van der Waals surface area contributed by atoms with Crippen LogP contribution in [-0.4, -0.2) is 41.2 Å². The zero-order chi connectivity index (χ0) is 16.6. The molecule has 1 aromatic carbocycles. The third-order valence-electron chi connectivity index (χ3n) is 4.79. The molecule has 1 saturated heterocycles. The standard InChI is InChI=1S/C20H27N3O/c24-20(18-6-2-1-3-7-18)16-23-12-9-17(10-13-23)14-21-15-19-8-4-5-11-22-19/h1-8,11,17,20-21,24H,9-10,12-16H2. The largest absolute Gasteiger partial charge is 0.387 e. The molecule has 4 nitrogen and oxygen atoms in total. The molecule has 4 heteroatoms. The van der Waals surface area contributed by atoms with Gasteiger partial charge in [0, 0.05) is 19.3 Å². The second-order valence-corrected chi connectivity index (χ2v) is 6.62. The van der Waals surface area contributed by atoms with Gasteiger partial charge >= 0.3 is 0 Å². The summed E-state index contributed by atoms with van der Waals surface area (Å²) in [6, 6.07) is 16.0. The Morgan fingerprint density at radius 3 is 2.54 bits per heavy atom. The lowest BCUT2D eigenvalue weighted by molar-refractivity contribution is 0.0891. The quantitative estimate of drug-likeness (QED) is 0.821. The van der Waals surface area contributed by atoms with Gasteiger partial charge in [-0.15, -0.1) is 0 Å². The van der Waals surface area contributed by atoms with Crippen LogP contribution in [0.4, 0.5) is 0 Å². The van der Waals surface area contributed by atoms with Crippen LogP contribution in [-0.2, 0) is 6.54 Å². The van der Waals surface area contributed by atoms with E-state index < -0.39 is 0 Å². The number of β-amino-alcohol motifs (C(OH)–C–C–N with tert-alkyl or cyclic N) is 1. The van der Waals surface area contributed by atoms with E-state index in [2.05, 4.69) is 21.3 Å². The number of aliphatic hydroxyl groups excluding tert-OH is 1. The zero-order valence-electron chi connectivity index (χ0n) is 14.1. The highest BCUT2D eigenvalue weighted by molar-refractivity contribution is 5.17. The molecular weight excluding hydrogens is 298 g/mol. The SMILES string of the molecule is OC(CN1CCC(CNCc2ccccn2)CC1)c1ccccc1. The molecule has 1 fully saturated rings. The van der Waals surface area contributed by atoms with Crippen LogP contribution in [0.15, 0.2) is 54.7 Å². The molecule has 1 unspecified atom stereocenters. The van der Waals surface area contributed by atoms with Crippen molar-refractivity contribution in [1.29, 1.82) is 0 Å². The fraction of sp³-hybridized carbons (Fsp3) is 0.450. The van der Waals surface area contributed by atoms with Gasteiger partial charge in [0.15, 0.2) is 0 Å². The van der Waals surface area contributed by atoms with Gasteiger partial charge in [-0.1, -0.05) is 36.4 Å². The second kappa shape index (κ2) is 8.92. The van der Waals surface area contributed by atoms with Crippen LogP contribution in [0, 0.1) is 5.92 Å². The lowest BCUT2D eigenvalue weighted by atomic mass is 9.96. The topological polar surface area (TPSA) is 48.4 Å². The molecule has 1 aliphatic heterocycles. The maximum absolute atomic E-state index is 10.3. The Labute approximate surface area is 144 Å². The molecule has 128 valence electrons. The predicted molar refractivity (Wildman–Crippen MR) is 96.5 cm³/mol. The highest BCUT2D eigenvalue weighted by atomic mass is 16.3. The zero-order valence-corrected chi connectivity index (χ0v) is 14.1. The number of hydrogen-bond acceptors (Lipinski definition) is 4. The molecule has 1 aliphatic rings. The van der Waals surface area contributed by atoms with Gasteiger partial charge in [0.1, 0.15) is 0 Å². The molecule has 2 aromatic rings. The first-order valence-corrected chi connectivity index (χ1v) is 8.87. The van der Waals surface area contributed by atoms with Crippen LogP contribution in [0.1, 0.15) is 30.2 Å². The Morgan fingerprint density at radius 1 is 1.08 bits per heavy atom. The van der Waals surface area contributed by atoms with Gasteiger partial charge in [-0.2, -0.15) is 0 Å². The van der Waals surface area contributed by atoms with Crippen molar-refractivity contribution in [2.75, 3.05) is 26.2 Å². The van der Waals surface area contributed by atoms with Crippen molar-refractivity contribution in [2.24, 2.45) is 5.92 Å². The third-order valence-corrected chi connectivity index (χ3v) is 4.79. The summed E-state index contributed by atoms with van der Waals surface area (Å²) >= 11 is 0. The lowest BCUT2D eigenvalue weighted by Crippen LogP contribution is -2.39. The average molecular weight is 325 g/mol. The minimum Gasteiger partial charge on any atom is -0.387 e. The van der Waals surface area contributed by atoms with E-state index in [0.717, 1.165) is 49.9 Å². The minimum atomic E-state index is -0.384. The maximum Gasteiger partial charge on any atom is 0.0916 e.